The predicted octanol–water partition coefficient (Wildman–Crippen LogP) is 20.3. The van der Waals surface area contributed by atoms with E-state index in [0.29, 0.717) is 5.92 Å². The molecule has 12 aromatic carbocycles. The molecule has 0 fully saturated rings. The van der Waals surface area contributed by atoms with Crippen molar-refractivity contribution in [2.75, 3.05) is 9.80 Å². The second-order valence-electron chi connectivity index (χ2n) is 20.3. The van der Waals surface area contributed by atoms with Gasteiger partial charge in [-0.05, 0) is 171 Å². The highest BCUT2D eigenvalue weighted by molar-refractivity contribution is 8.00. The van der Waals surface area contributed by atoms with Crippen molar-refractivity contribution in [2.45, 2.75) is 25.5 Å². The number of rotatable bonds is 4. The summed E-state index contributed by atoms with van der Waals surface area (Å²) in [6.45, 7) is 0. The largest absolute Gasteiger partial charge is 0.308 e. The normalized spacial score (nSPS) is 16.7. The van der Waals surface area contributed by atoms with Crippen LogP contribution in [-0.2, 0) is 0 Å². The molecule has 344 valence electrons. The molecule has 17 rings (SSSR count). The van der Waals surface area contributed by atoms with Crippen LogP contribution in [0.2, 0.25) is 0 Å². The summed E-state index contributed by atoms with van der Waals surface area (Å²) in [4.78, 5) is 10.00. The first-order chi connectivity index (χ1) is 36.7. The zero-order valence-electron chi connectivity index (χ0n) is 40.0. The van der Waals surface area contributed by atoms with Crippen molar-refractivity contribution in [1.82, 2.24) is 0 Å². The van der Waals surface area contributed by atoms with Crippen molar-refractivity contribution in [3.05, 3.63) is 253 Å². The standard InChI is InChI=1S/C70H42N2S2/c1-5-19-61-57(15-1)71(58-16-2-6-20-62(58)73-61)47-31-37-53-55(39-47)69(51-35-29-45-25-23-41-11-9-13-43-27-33-49(51)67(45)65(41)43)54-38-32-48(72-59-17-3-7-21-63(59)74-64-22-8-4-18-60(64)72)40-56(54)70(53)52-36-30-46-26-24-42-12-10-14-44-28-34-50(52)68(46)66(42)44/h1-41,65H. The third-order valence-corrected chi connectivity index (χ3v) is 18.7. The van der Waals surface area contributed by atoms with E-state index >= 15 is 0 Å². The van der Waals surface area contributed by atoms with Gasteiger partial charge in [-0.25, -0.2) is 0 Å². The number of benzene rings is 12. The molecule has 0 amide bonds. The van der Waals surface area contributed by atoms with Gasteiger partial charge in [0.2, 0.25) is 0 Å². The first kappa shape index (κ1) is 41.0. The maximum absolute atomic E-state index is 2.52. The van der Waals surface area contributed by atoms with Gasteiger partial charge in [-0.15, -0.1) is 0 Å². The van der Waals surface area contributed by atoms with E-state index in [9.17, 15) is 0 Å². The zero-order valence-corrected chi connectivity index (χ0v) is 41.6. The molecule has 0 N–H and O–H groups in total. The van der Waals surface area contributed by atoms with Gasteiger partial charge < -0.3 is 9.80 Å². The summed E-state index contributed by atoms with van der Waals surface area (Å²) in [6.07, 6.45) is 16.5. The Labute approximate surface area is 437 Å². The number of hydrogen-bond acceptors (Lipinski definition) is 4. The van der Waals surface area contributed by atoms with E-state index in [2.05, 4.69) is 253 Å². The molecule has 12 aromatic rings. The first-order valence-corrected chi connectivity index (χ1v) is 27.3. The molecule has 0 spiro atoms. The van der Waals surface area contributed by atoms with E-state index in [-0.39, 0.29) is 5.92 Å². The van der Waals surface area contributed by atoms with E-state index in [0.717, 1.165) is 11.4 Å². The minimum Gasteiger partial charge on any atom is -0.308 e. The van der Waals surface area contributed by atoms with Gasteiger partial charge in [0.15, 0.2) is 0 Å². The van der Waals surface area contributed by atoms with Crippen LogP contribution in [0.3, 0.4) is 0 Å². The molecule has 3 aliphatic carbocycles. The van der Waals surface area contributed by atoms with Crippen molar-refractivity contribution >= 4 is 124 Å². The molecule has 2 heterocycles. The summed E-state index contributed by atoms with van der Waals surface area (Å²) in [5.41, 5.74) is 17.6. The summed E-state index contributed by atoms with van der Waals surface area (Å²) in [5.74, 6) is 0.610. The predicted molar refractivity (Wildman–Crippen MR) is 315 cm³/mol. The number of hydrogen-bond donors (Lipinski definition) is 0. The topological polar surface area (TPSA) is 6.48 Å². The molecule has 0 saturated heterocycles. The fourth-order valence-corrected chi connectivity index (χ4v) is 15.5. The van der Waals surface area contributed by atoms with Crippen molar-refractivity contribution in [1.29, 1.82) is 0 Å². The highest BCUT2D eigenvalue weighted by Gasteiger charge is 2.35. The van der Waals surface area contributed by atoms with Crippen LogP contribution < -0.4 is 9.80 Å². The van der Waals surface area contributed by atoms with Gasteiger partial charge in [0, 0.05) is 42.8 Å². The highest BCUT2D eigenvalue weighted by Crippen LogP contribution is 2.57. The molecule has 2 atom stereocenters. The Balaban J connectivity index is 1.03. The van der Waals surface area contributed by atoms with Gasteiger partial charge in [-0.3, -0.25) is 0 Å². The van der Waals surface area contributed by atoms with Gasteiger partial charge in [0.1, 0.15) is 0 Å². The molecule has 2 nitrogen and oxygen atoms in total. The van der Waals surface area contributed by atoms with E-state index < -0.39 is 0 Å². The molecular weight excluding hydrogens is 933 g/mol. The van der Waals surface area contributed by atoms with Crippen LogP contribution in [0.4, 0.5) is 34.1 Å². The van der Waals surface area contributed by atoms with Crippen molar-refractivity contribution < 1.29 is 0 Å². The Hall–Kier alpha value is -8.54. The van der Waals surface area contributed by atoms with Gasteiger partial charge in [-0.2, -0.15) is 0 Å². The van der Waals surface area contributed by atoms with Crippen molar-refractivity contribution in [2.24, 2.45) is 5.92 Å². The molecule has 4 heteroatoms. The third kappa shape index (κ3) is 5.75. The van der Waals surface area contributed by atoms with Crippen LogP contribution in [0.5, 0.6) is 0 Å². The second-order valence-corrected chi connectivity index (χ2v) is 22.4. The Morgan fingerprint density at radius 3 is 1.50 bits per heavy atom. The number of anilines is 6. The lowest BCUT2D eigenvalue weighted by atomic mass is 9.67. The Bertz CT molecular complexity index is 4490. The van der Waals surface area contributed by atoms with Crippen molar-refractivity contribution in [3.8, 4) is 22.3 Å². The smallest absolute Gasteiger partial charge is 0.0601 e. The molecule has 0 radical (unpaired) electrons. The Kier molecular flexibility index (Phi) is 8.58. The van der Waals surface area contributed by atoms with Crippen molar-refractivity contribution in [3.63, 3.8) is 0 Å². The minimum atomic E-state index is 0.284. The molecule has 0 saturated carbocycles. The summed E-state index contributed by atoms with van der Waals surface area (Å²) < 4.78 is 0. The van der Waals surface area contributed by atoms with E-state index in [1.807, 2.05) is 23.5 Å². The van der Waals surface area contributed by atoms with Gasteiger partial charge in [0.25, 0.3) is 0 Å². The number of allylic oxidation sites excluding steroid dienone is 6. The van der Waals surface area contributed by atoms with Crippen LogP contribution >= 0.6 is 23.5 Å². The second kappa shape index (κ2) is 15.5. The van der Waals surface area contributed by atoms with Crippen LogP contribution in [0.15, 0.2) is 256 Å². The molecule has 2 unspecified atom stereocenters. The molecular formula is C70H42N2S2. The molecule has 5 aliphatic rings. The lowest BCUT2D eigenvalue weighted by molar-refractivity contribution is 0.665. The minimum absolute atomic E-state index is 0.284. The number of para-hydroxylation sites is 4. The summed E-state index contributed by atoms with van der Waals surface area (Å²) in [6, 6.07) is 75.9. The summed E-state index contributed by atoms with van der Waals surface area (Å²) in [7, 11) is 0. The van der Waals surface area contributed by atoms with Gasteiger partial charge in [0.05, 0.1) is 22.7 Å². The van der Waals surface area contributed by atoms with Gasteiger partial charge in [-0.1, -0.05) is 193 Å². The zero-order chi connectivity index (χ0) is 48.2. The third-order valence-electron chi connectivity index (χ3n) is 16.5. The monoisotopic (exact) mass is 974 g/mol. The Morgan fingerprint density at radius 2 is 0.892 bits per heavy atom. The lowest BCUT2D eigenvalue weighted by Gasteiger charge is -2.36. The van der Waals surface area contributed by atoms with E-state index in [1.54, 1.807) is 0 Å². The van der Waals surface area contributed by atoms with Crippen LogP contribution in [0.1, 0.15) is 22.6 Å². The SMILES string of the molecule is C1=CC2C=Cc3ccc(-c4c5cc(N6c7ccccc7Sc7ccccc76)ccc5c(-c5ccc6ccc7cccc8ccc5c6c78)c5cc(N6c7ccccc7Sc7ccccc76)ccc45)c4c3C2C(=C1)C=C4. The molecule has 0 bridgehead atoms. The number of fused-ring (bicyclic) bond motifs is 6. The highest BCUT2D eigenvalue weighted by atomic mass is 32.2. The van der Waals surface area contributed by atoms with E-state index in [4.69, 9.17) is 0 Å². The molecule has 2 aliphatic heterocycles. The summed E-state index contributed by atoms with van der Waals surface area (Å²) in [5, 5.41) is 12.7. The maximum atomic E-state index is 2.52. The summed E-state index contributed by atoms with van der Waals surface area (Å²) >= 11 is 3.71. The fraction of sp³-hybridized carbons (Fsp3) is 0.0286. The quantitative estimate of drug-likeness (QED) is 0.128. The molecule has 74 heavy (non-hydrogen) atoms. The average molecular weight is 975 g/mol. The molecule has 0 aromatic heterocycles. The first-order valence-electron chi connectivity index (χ1n) is 25.6. The van der Waals surface area contributed by atoms with E-state index in [1.165, 1.54) is 141 Å². The van der Waals surface area contributed by atoms with Gasteiger partial charge >= 0.3 is 0 Å². The van der Waals surface area contributed by atoms with Crippen LogP contribution in [0.25, 0.3) is 88.3 Å². The van der Waals surface area contributed by atoms with Crippen LogP contribution in [0, 0.1) is 5.92 Å². The maximum Gasteiger partial charge on any atom is 0.0601 e. The fourth-order valence-electron chi connectivity index (χ4n) is 13.3. The lowest BCUT2D eigenvalue weighted by Crippen LogP contribution is -2.21. The van der Waals surface area contributed by atoms with Crippen LogP contribution in [-0.4, -0.2) is 0 Å². The average Bonchev–Trinajstić information content (AvgIpc) is 3.46. The Morgan fingerprint density at radius 1 is 0.378 bits per heavy atom. The number of nitrogens with zero attached hydrogens (tertiary/aromatic N) is 2.